The molecule has 0 unspecified atom stereocenters. The number of hydrogen-bond acceptors (Lipinski definition) is 4. The number of aliphatic hydroxyl groups excluding tert-OH is 1. The molecule has 2 aromatic rings. The van der Waals surface area contributed by atoms with Crippen molar-refractivity contribution in [3.63, 3.8) is 0 Å². The highest BCUT2D eigenvalue weighted by Gasteiger charge is 2.15. The van der Waals surface area contributed by atoms with Crippen LogP contribution in [0.3, 0.4) is 0 Å². The van der Waals surface area contributed by atoms with Crippen LogP contribution < -0.4 is 4.87 Å². The quantitative estimate of drug-likeness (QED) is 0.891. The molecule has 0 amide bonds. The summed E-state index contributed by atoms with van der Waals surface area (Å²) in [5.74, 6) is 0. The number of nitrogens with zero attached hydrogens (tertiary/aromatic N) is 1. The molecule has 5 heteroatoms. The molecule has 0 aliphatic carbocycles. The maximum absolute atomic E-state index is 11.7. The highest BCUT2D eigenvalue weighted by molar-refractivity contribution is 7.09. The molecule has 0 bridgehead atoms. The van der Waals surface area contributed by atoms with Gasteiger partial charge < -0.3 is 10.1 Å². The summed E-state index contributed by atoms with van der Waals surface area (Å²) in [5, 5.41) is 9.01. The zero-order valence-corrected chi connectivity index (χ0v) is 14.5. The first kappa shape index (κ1) is 16.9. The van der Waals surface area contributed by atoms with E-state index in [-0.39, 0.29) is 16.9 Å². The van der Waals surface area contributed by atoms with E-state index in [9.17, 15) is 4.79 Å². The lowest BCUT2D eigenvalue weighted by Gasteiger charge is -2.19. The van der Waals surface area contributed by atoms with Gasteiger partial charge in [-0.15, -0.1) is 0 Å². The summed E-state index contributed by atoms with van der Waals surface area (Å²) in [4.78, 5) is 17.7. The minimum atomic E-state index is -0.0395. The van der Waals surface area contributed by atoms with Gasteiger partial charge in [-0.25, -0.2) is 0 Å². The van der Waals surface area contributed by atoms with Gasteiger partial charge in [0.2, 0.25) is 0 Å². The predicted molar refractivity (Wildman–Crippen MR) is 92.5 cm³/mol. The van der Waals surface area contributed by atoms with Crippen LogP contribution in [-0.2, 0) is 12.0 Å². The third-order valence-electron chi connectivity index (χ3n) is 3.66. The number of thiazole rings is 1. The second-order valence-electron chi connectivity index (χ2n) is 6.60. The van der Waals surface area contributed by atoms with Gasteiger partial charge in [-0.05, 0) is 23.6 Å². The number of benzene rings is 1. The SMILES string of the molecule is CN(CCO)Cc1sc(=O)[nH]c1-c1ccc(C(C)(C)C)cc1. The Bertz CT molecular complexity index is 665. The second kappa shape index (κ2) is 6.77. The first-order valence-corrected chi connectivity index (χ1v) is 8.25. The number of aromatic amines is 1. The van der Waals surface area contributed by atoms with Crippen LogP contribution in [0.1, 0.15) is 31.2 Å². The first-order valence-electron chi connectivity index (χ1n) is 7.43. The summed E-state index contributed by atoms with van der Waals surface area (Å²) in [6.45, 7) is 7.91. The van der Waals surface area contributed by atoms with Crippen molar-refractivity contribution in [2.45, 2.75) is 32.7 Å². The molecule has 0 atom stereocenters. The summed E-state index contributed by atoms with van der Waals surface area (Å²) in [7, 11) is 1.94. The molecule has 2 rings (SSSR count). The number of nitrogens with one attached hydrogen (secondary N) is 1. The van der Waals surface area contributed by atoms with E-state index in [0.717, 1.165) is 16.1 Å². The van der Waals surface area contributed by atoms with Crippen molar-refractivity contribution in [1.29, 1.82) is 0 Å². The molecule has 0 saturated carbocycles. The molecule has 1 aromatic carbocycles. The van der Waals surface area contributed by atoms with E-state index in [0.29, 0.717) is 13.1 Å². The standard InChI is InChI=1S/C17H24N2O2S/c1-17(2,3)13-7-5-12(6-8-13)15-14(22-16(21)18-15)11-19(4)9-10-20/h5-8,20H,9-11H2,1-4H3,(H,18,21). The van der Waals surface area contributed by atoms with Gasteiger partial charge in [-0.3, -0.25) is 9.69 Å². The molecule has 4 nitrogen and oxygen atoms in total. The average molecular weight is 320 g/mol. The molecule has 1 aromatic heterocycles. The molecule has 0 spiro atoms. The Morgan fingerprint density at radius 3 is 2.41 bits per heavy atom. The number of H-pyrrole nitrogens is 1. The zero-order valence-electron chi connectivity index (χ0n) is 13.6. The number of hydrogen-bond donors (Lipinski definition) is 2. The molecule has 22 heavy (non-hydrogen) atoms. The van der Waals surface area contributed by atoms with Crippen molar-refractivity contribution in [3.05, 3.63) is 44.4 Å². The lowest BCUT2D eigenvalue weighted by molar-refractivity contribution is 0.218. The van der Waals surface area contributed by atoms with Gasteiger partial charge in [-0.2, -0.15) is 0 Å². The van der Waals surface area contributed by atoms with Gasteiger partial charge in [0.1, 0.15) is 0 Å². The normalized spacial score (nSPS) is 12.1. The van der Waals surface area contributed by atoms with Crippen LogP contribution in [0.4, 0.5) is 0 Å². The van der Waals surface area contributed by atoms with Gasteiger partial charge in [-0.1, -0.05) is 56.4 Å². The zero-order chi connectivity index (χ0) is 16.3. The van der Waals surface area contributed by atoms with E-state index in [1.807, 2.05) is 11.9 Å². The predicted octanol–water partition coefficient (Wildman–Crippen LogP) is 2.83. The Kier molecular flexibility index (Phi) is 5.21. The van der Waals surface area contributed by atoms with E-state index in [1.54, 1.807) is 0 Å². The van der Waals surface area contributed by atoms with Crippen molar-refractivity contribution in [2.24, 2.45) is 0 Å². The topological polar surface area (TPSA) is 56.3 Å². The fraction of sp³-hybridized carbons (Fsp3) is 0.471. The molecular weight excluding hydrogens is 296 g/mol. The lowest BCUT2D eigenvalue weighted by atomic mass is 9.86. The molecule has 0 radical (unpaired) electrons. The van der Waals surface area contributed by atoms with Crippen LogP contribution >= 0.6 is 11.3 Å². The van der Waals surface area contributed by atoms with Gasteiger partial charge in [0.05, 0.1) is 12.3 Å². The van der Waals surface area contributed by atoms with Gasteiger partial charge in [0, 0.05) is 18.0 Å². The van der Waals surface area contributed by atoms with E-state index in [2.05, 4.69) is 50.0 Å². The van der Waals surface area contributed by atoms with E-state index in [1.165, 1.54) is 16.9 Å². The Labute approximate surface area is 135 Å². The summed E-state index contributed by atoms with van der Waals surface area (Å²) < 4.78 is 0. The number of likely N-dealkylation sites (N-methyl/N-ethyl adjacent to an activating group) is 1. The van der Waals surface area contributed by atoms with E-state index in [4.69, 9.17) is 5.11 Å². The molecule has 0 aliphatic rings. The molecular formula is C17H24N2O2S. The lowest BCUT2D eigenvalue weighted by Crippen LogP contribution is -2.21. The molecule has 2 N–H and O–H groups in total. The maximum atomic E-state index is 11.7. The first-order chi connectivity index (χ1) is 10.3. The third-order valence-corrected chi connectivity index (χ3v) is 4.52. The monoisotopic (exact) mass is 320 g/mol. The number of rotatable bonds is 5. The second-order valence-corrected chi connectivity index (χ2v) is 7.67. The highest BCUT2D eigenvalue weighted by atomic mass is 32.1. The summed E-state index contributed by atoms with van der Waals surface area (Å²) in [6.07, 6.45) is 0. The van der Waals surface area contributed by atoms with Crippen molar-refractivity contribution in [1.82, 2.24) is 9.88 Å². The third kappa shape index (κ3) is 4.06. The molecule has 0 aliphatic heterocycles. The van der Waals surface area contributed by atoms with Crippen LogP contribution in [0.25, 0.3) is 11.3 Å². The van der Waals surface area contributed by atoms with Gasteiger partial charge in [0.25, 0.3) is 0 Å². The van der Waals surface area contributed by atoms with E-state index >= 15 is 0 Å². The molecule has 0 fully saturated rings. The summed E-state index contributed by atoms with van der Waals surface area (Å²) in [6, 6.07) is 8.36. The van der Waals surface area contributed by atoms with Crippen LogP contribution in [0.15, 0.2) is 29.1 Å². The molecule has 120 valence electrons. The largest absolute Gasteiger partial charge is 0.395 e. The summed E-state index contributed by atoms with van der Waals surface area (Å²) >= 11 is 1.24. The minimum Gasteiger partial charge on any atom is -0.395 e. The van der Waals surface area contributed by atoms with Crippen LogP contribution in [0, 0.1) is 0 Å². The Morgan fingerprint density at radius 1 is 1.23 bits per heavy atom. The molecule has 1 heterocycles. The fourth-order valence-corrected chi connectivity index (χ4v) is 3.27. The fourth-order valence-electron chi connectivity index (χ4n) is 2.34. The Morgan fingerprint density at radius 2 is 1.86 bits per heavy atom. The smallest absolute Gasteiger partial charge is 0.305 e. The van der Waals surface area contributed by atoms with Crippen molar-refractivity contribution >= 4 is 11.3 Å². The Balaban J connectivity index is 2.30. The molecule has 0 saturated heterocycles. The maximum Gasteiger partial charge on any atom is 0.305 e. The van der Waals surface area contributed by atoms with Gasteiger partial charge in [0.15, 0.2) is 0 Å². The minimum absolute atomic E-state index is 0.0395. The van der Waals surface area contributed by atoms with Crippen molar-refractivity contribution < 1.29 is 5.11 Å². The van der Waals surface area contributed by atoms with Crippen LogP contribution in [-0.4, -0.2) is 35.2 Å². The highest BCUT2D eigenvalue weighted by Crippen LogP contribution is 2.28. The Hall–Kier alpha value is -1.43. The van der Waals surface area contributed by atoms with Gasteiger partial charge >= 0.3 is 4.87 Å². The number of aliphatic hydroxyl groups is 1. The van der Waals surface area contributed by atoms with Crippen molar-refractivity contribution in [2.75, 3.05) is 20.2 Å². The average Bonchev–Trinajstić information content (AvgIpc) is 2.79. The summed E-state index contributed by atoms with van der Waals surface area (Å²) in [5.41, 5.74) is 3.30. The number of aromatic nitrogens is 1. The van der Waals surface area contributed by atoms with Crippen molar-refractivity contribution in [3.8, 4) is 11.3 Å². The van der Waals surface area contributed by atoms with Crippen LogP contribution in [0.2, 0.25) is 0 Å². The van der Waals surface area contributed by atoms with Crippen LogP contribution in [0.5, 0.6) is 0 Å². The van der Waals surface area contributed by atoms with E-state index < -0.39 is 0 Å².